The van der Waals surface area contributed by atoms with Crippen molar-refractivity contribution in [1.29, 1.82) is 0 Å². The fraction of sp³-hybridized carbons (Fsp3) is 0.333. The van der Waals surface area contributed by atoms with Gasteiger partial charge in [0.25, 0.3) is 0 Å². The molecule has 0 aromatic carbocycles. The molecule has 0 spiro atoms. The summed E-state index contributed by atoms with van der Waals surface area (Å²) in [5.41, 5.74) is 4.89. The van der Waals surface area contributed by atoms with E-state index in [9.17, 15) is 0 Å². The molecule has 2 aromatic rings. The Balaban J connectivity index is 2.25. The monoisotopic (exact) mass is 282 g/mol. The summed E-state index contributed by atoms with van der Waals surface area (Å²) in [6.45, 7) is 3.99. The summed E-state index contributed by atoms with van der Waals surface area (Å²) in [4.78, 5) is 9.56. The normalized spacial score (nSPS) is 12.7. The third-order valence-electron chi connectivity index (χ3n) is 2.74. The summed E-state index contributed by atoms with van der Waals surface area (Å²) in [5, 5.41) is 1.71. The maximum Gasteiger partial charge on any atom is 0.0900 e. The zero-order chi connectivity index (χ0) is 13.1. The standard InChI is InChI=1S/C12H15ClN4S/c1-7-12(18-8(2)16-7)11(17-14)5-9-3-4-15-6-10(9)13/h3-4,6,11,17H,5,14H2,1-2H3. The van der Waals surface area contributed by atoms with Crippen molar-refractivity contribution < 1.29 is 0 Å². The first-order valence-electron chi connectivity index (χ1n) is 5.60. The Morgan fingerprint density at radius 2 is 2.28 bits per heavy atom. The second-order valence-electron chi connectivity index (χ2n) is 4.07. The number of thiazole rings is 1. The molecule has 18 heavy (non-hydrogen) atoms. The highest BCUT2D eigenvalue weighted by Gasteiger charge is 2.17. The van der Waals surface area contributed by atoms with Gasteiger partial charge in [0.15, 0.2) is 0 Å². The summed E-state index contributed by atoms with van der Waals surface area (Å²) < 4.78 is 0. The summed E-state index contributed by atoms with van der Waals surface area (Å²) in [6, 6.07) is 1.94. The maximum absolute atomic E-state index is 6.11. The van der Waals surface area contributed by atoms with Crippen LogP contribution in [0.4, 0.5) is 0 Å². The van der Waals surface area contributed by atoms with E-state index < -0.39 is 0 Å². The van der Waals surface area contributed by atoms with Crippen molar-refractivity contribution in [1.82, 2.24) is 15.4 Å². The number of pyridine rings is 1. The van der Waals surface area contributed by atoms with E-state index >= 15 is 0 Å². The van der Waals surface area contributed by atoms with Crippen LogP contribution in [0.25, 0.3) is 0 Å². The van der Waals surface area contributed by atoms with Gasteiger partial charge in [-0.3, -0.25) is 16.3 Å². The molecule has 2 heterocycles. The SMILES string of the molecule is Cc1nc(C)c(C(Cc2ccncc2Cl)NN)s1. The van der Waals surface area contributed by atoms with Crippen LogP contribution in [-0.2, 0) is 6.42 Å². The molecule has 0 aliphatic carbocycles. The van der Waals surface area contributed by atoms with E-state index in [0.29, 0.717) is 5.02 Å². The number of rotatable bonds is 4. The molecule has 0 aliphatic rings. The molecule has 3 N–H and O–H groups in total. The number of hydrazine groups is 1. The van der Waals surface area contributed by atoms with Gasteiger partial charge in [-0.1, -0.05) is 11.6 Å². The highest BCUT2D eigenvalue weighted by molar-refractivity contribution is 7.11. The minimum atomic E-state index is 0.0242. The largest absolute Gasteiger partial charge is 0.271 e. The number of halogens is 1. The Morgan fingerprint density at radius 1 is 1.50 bits per heavy atom. The average molecular weight is 283 g/mol. The smallest absolute Gasteiger partial charge is 0.0900 e. The number of aromatic nitrogens is 2. The fourth-order valence-electron chi connectivity index (χ4n) is 1.89. The minimum absolute atomic E-state index is 0.0242. The number of hydrogen-bond donors (Lipinski definition) is 2. The molecule has 6 heteroatoms. The van der Waals surface area contributed by atoms with Gasteiger partial charge in [-0.2, -0.15) is 0 Å². The fourth-order valence-corrected chi connectivity index (χ4v) is 3.07. The number of nitrogens with zero attached hydrogens (tertiary/aromatic N) is 2. The first-order valence-corrected chi connectivity index (χ1v) is 6.79. The molecule has 0 saturated heterocycles. The first kappa shape index (κ1) is 13.4. The van der Waals surface area contributed by atoms with Gasteiger partial charge >= 0.3 is 0 Å². The molecule has 0 aliphatic heterocycles. The molecular weight excluding hydrogens is 268 g/mol. The number of nitrogens with one attached hydrogen (secondary N) is 1. The maximum atomic E-state index is 6.11. The van der Waals surface area contributed by atoms with Gasteiger partial charge in [0, 0.05) is 17.3 Å². The van der Waals surface area contributed by atoms with Crippen LogP contribution in [0.3, 0.4) is 0 Å². The van der Waals surface area contributed by atoms with Crippen molar-refractivity contribution in [3.8, 4) is 0 Å². The molecular formula is C12H15ClN4S. The predicted molar refractivity (Wildman–Crippen MR) is 74.6 cm³/mol. The topological polar surface area (TPSA) is 63.8 Å². The first-order chi connectivity index (χ1) is 8.61. The van der Waals surface area contributed by atoms with E-state index in [4.69, 9.17) is 17.4 Å². The van der Waals surface area contributed by atoms with E-state index in [2.05, 4.69) is 15.4 Å². The number of hydrogen-bond acceptors (Lipinski definition) is 5. The van der Waals surface area contributed by atoms with Gasteiger partial charge in [-0.15, -0.1) is 11.3 Å². The van der Waals surface area contributed by atoms with Gasteiger partial charge in [0.1, 0.15) is 0 Å². The molecule has 1 unspecified atom stereocenters. The van der Waals surface area contributed by atoms with Crippen LogP contribution >= 0.6 is 22.9 Å². The lowest BCUT2D eigenvalue weighted by Gasteiger charge is -2.15. The molecule has 0 saturated carbocycles. The number of aryl methyl sites for hydroxylation is 2. The number of nitrogens with two attached hydrogens (primary N) is 1. The Morgan fingerprint density at radius 3 is 2.83 bits per heavy atom. The zero-order valence-corrected chi connectivity index (χ0v) is 11.8. The van der Waals surface area contributed by atoms with Crippen LogP contribution in [0.1, 0.15) is 27.2 Å². The summed E-state index contributed by atoms with van der Waals surface area (Å²) >= 11 is 7.77. The van der Waals surface area contributed by atoms with Gasteiger partial charge in [0.2, 0.25) is 0 Å². The van der Waals surface area contributed by atoms with Crippen molar-refractivity contribution >= 4 is 22.9 Å². The highest BCUT2D eigenvalue weighted by atomic mass is 35.5. The van der Waals surface area contributed by atoms with Crippen LogP contribution in [0.15, 0.2) is 18.5 Å². The molecule has 4 nitrogen and oxygen atoms in total. The third kappa shape index (κ3) is 2.87. The molecule has 1 atom stereocenters. The molecule has 0 bridgehead atoms. The predicted octanol–water partition coefficient (Wildman–Crippen LogP) is 2.56. The minimum Gasteiger partial charge on any atom is -0.271 e. The third-order valence-corrected chi connectivity index (χ3v) is 4.26. The average Bonchev–Trinajstić information content (AvgIpc) is 2.67. The van der Waals surface area contributed by atoms with Crippen LogP contribution in [0, 0.1) is 13.8 Å². The molecule has 2 rings (SSSR count). The van der Waals surface area contributed by atoms with Gasteiger partial charge in [-0.25, -0.2) is 4.98 Å². The Hall–Kier alpha value is -1.01. The lowest BCUT2D eigenvalue weighted by molar-refractivity contribution is 0.557. The Labute approximate surface area is 115 Å². The van der Waals surface area contributed by atoms with Crippen molar-refractivity contribution in [2.24, 2.45) is 5.84 Å². The molecule has 2 aromatic heterocycles. The van der Waals surface area contributed by atoms with E-state index in [0.717, 1.165) is 27.6 Å². The van der Waals surface area contributed by atoms with E-state index in [1.165, 1.54) is 0 Å². The van der Waals surface area contributed by atoms with Gasteiger partial charge in [-0.05, 0) is 31.9 Å². The summed E-state index contributed by atoms with van der Waals surface area (Å²) in [5.74, 6) is 5.65. The van der Waals surface area contributed by atoms with Crippen LogP contribution in [0.2, 0.25) is 5.02 Å². The van der Waals surface area contributed by atoms with E-state index in [1.54, 1.807) is 23.7 Å². The van der Waals surface area contributed by atoms with Crippen molar-refractivity contribution in [3.05, 3.63) is 44.6 Å². The quantitative estimate of drug-likeness (QED) is 0.668. The molecule has 0 radical (unpaired) electrons. The van der Waals surface area contributed by atoms with Crippen LogP contribution in [0.5, 0.6) is 0 Å². The van der Waals surface area contributed by atoms with Crippen molar-refractivity contribution in [3.63, 3.8) is 0 Å². The summed E-state index contributed by atoms with van der Waals surface area (Å²) in [7, 11) is 0. The lowest BCUT2D eigenvalue weighted by Crippen LogP contribution is -2.29. The molecule has 96 valence electrons. The van der Waals surface area contributed by atoms with Crippen molar-refractivity contribution in [2.75, 3.05) is 0 Å². The molecule has 0 fully saturated rings. The van der Waals surface area contributed by atoms with Gasteiger partial charge in [0.05, 0.1) is 21.8 Å². The van der Waals surface area contributed by atoms with Crippen LogP contribution in [-0.4, -0.2) is 9.97 Å². The van der Waals surface area contributed by atoms with Gasteiger partial charge < -0.3 is 0 Å². The summed E-state index contributed by atoms with van der Waals surface area (Å²) in [6.07, 6.45) is 4.11. The van der Waals surface area contributed by atoms with Crippen molar-refractivity contribution in [2.45, 2.75) is 26.3 Å². The molecule has 0 amide bonds. The van der Waals surface area contributed by atoms with E-state index in [-0.39, 0.29) is 6.04 Å². The second-order valence-corrected chi connectivity index (χ2v) is 5.71. The lowest BCUT2D eigenvalue weighted by atomic mass is 10.1. The van der Waals surface area contributed by atoms with E-state index in [1.807, 2.05) is 19.9 Å². The highest BCUT2D eigenvalue weighted by Crippen LogP contribution is 2.28. The Bertz CT molecular complexity index is 541. The zero-order valence-electron chi connectivity index (χ0n) is 10.3. The van der Waals surface area contributed by atoms with Crippen LogP contribution < -0.4 is 11.3 Å². The Kier molecular flexibility index (Phi) is 4.29. The second kappa shape index (κ2) is 5.75.